The highest BCUT2D eigenvalue weighted by Crippen LogP contribution is 2.26. The molecule has 140 valence electrons. The summed E-state index contributed by atoms with van der Waals surface area (Å²) in [6.45, 7) is 7.41. The van der Waals surface area contributed by atoms with Gasteiger partial charge in [-0.1, -0.05) is 30.4 Å². The van der Waals surface area contributed by atoms with Crippen molar-refractivity contribution >= 4 is 12.0 Å². The molecule has 6 nitrogen and oxygen atoms in total. The predicted octanol–water partition coefficient (Wildman–Crippen LogP) is 2.68. The van der Waals surface area contributed by atoms with E-state index in [-0.39, 0.29) is 26.1 Å². The van der Waals surface area contributed by atoms with Crippen LogP contribution in [0.1, 0.15) is 16.8 Å². The summed E-state index contributed by atoms with van der Waals surface area (Å²) in [5.41, 5.74) is 0.413. The number of hydrogen-bond donors (Lipinski definition) is 1. The van der Waals surface area contributed by atoms with Gasteiger partial charge in [-0.15, -0.1) is 13.2 Å². The fourth-order valence-electron chi connectivity index (χ4n) is 2.61. The van der Waals surface area contributed by atoms with Gasteiger partial charge in [0.2, 0.25) is 0 Å². The molecule has 1 aliphatic rings. The molecular formula is C19H23FN2O4. The Hall–Kier alpha value is -2.67. The van der Waals surface area contributed by atoms with E-state index < -0.39 is 30.5 Å². The molecule has 26 heavy (non-hydrogen) atoms. The lowest BCUT2D eigenvalue weighted by atomic mass is 10.2. The Bertz CT molecular complexity index is 638. The summed E-state index contributed by atoms with van der Waals surface area (Å²) >= 11 is 0. The first-order valence-electron chi connectivity index (χ1n) is 8.34. The summed E-state index contributed by atoms with van der Waals surface area (Å²) in [7, 11) is 0. The largest absolute Gasteiger partial charge is 0.459 e. The number of halogens is 1. The Morgan fingerprint density at radius 1 is 1.31 bits per heavy atom. The quantitative estimate of drug-likeness (QED) is 0.570. The molecule has 0 bridgehead atoms. The van der Waals surface area contributed by atoms with Gasteiger partial charge < -0.3 is 14.8 Å². The number of carbonyl (C=O) groups excluding carboxylic acids is 2. The van der Waals surface area contributed by atoms with E-state index in [4.69, 9.17) is 9.47 Å². The minimum absolute atomic E-state index is 0.0368. The Kier molecular flexibility index (Phi) is 7.35. The van der Waals surface area contributed by atoms with Crippen LogP contribution in [0.25, 0.3) is 0 Å². The third-order valence-electron chi connectivity index (χ3n) is 3.83. The van der Waals surface area contributed by atoms with Crippen LogP contribution in [0.5, 0.6) is 0 Å². The second kappa shape index (κ2) is 9.72. The summed E-state index contributed by atoms with van der Waals surface area (Å²) in [6, 6.07) is 8.04. The number of amides is 2. The lowest BCUT2D eigenvalue weighted by molar-refractivity contribution is -0.0659. The van der Waals surface area contributed by atoms with Crippen LogP contribution in [0.15, 0.2) is 55.6 Å². The predicted molar refractivity (Wildman–Crippen MR) is 95.4 cm³/mol. The first-order valence-corrected chi connectivity index (χ1v) is 8.34. The summed E-state index contributed by atoms with van der Waals surface area (Å²) in [6.07, 6.45) is -0.00929. The van der Waals surface area contributed by atoms with Gasteiger partial charge in [-0.3, -0.25) is 4.90 Å². The smallest absolute Gasteiger partial charge is 0.338 e. The topological polar surface area (TPSA) is 67.9 Å². The number of nitrogens with zero attached hydrogens (tertiary/aromatic N) is 1. The van der Waals surface area contributed by atoms with Crippen LogP contribution in [0, 0.1) is 0 Å². The third-order valence-corrected chi connectivity index (χ3v) is 3.83. The first-order chi connectivity index (χ1) is 12.6. The minimum atomic E-state index is -1.38. The van der Waals surface area contributed by atoms with Gasteiger partial charge in [0.25, 0.3) is 0 Å². The van der Waals surface area contributed by atoms with Crippen molar-refractivity contribution in [3.8, 4) is 0 Å². The number of alkyl halides is 1. The van der Waals surface area contributed by atoms with Crippen molar-refractivity contribution in [3.63, 3.8) is 0 Å². The number of ether oxygens (including phenoxy) is 2. The highest BCUT2D eigenvalue weighted by molar-refractivity contribution is 5.89. The molecule has 1 N–H and O–H groups in total. The monoisotopic (exact) mass is 362 g/mol. The number of hydrogen-bond acceptors (Lipinski definition) is 4. The third kappa shape index (κ3) is 5.16. The van der Waals surface area contributed by atoms with Crippen molar-refractivity contribution in [2.45, 2.75) is 24.9 Å². The molecule has 7 heteroatoms. The molecule has 1 fully saturated rings. The highest BCUT2D eigenvalue weighted by atomic mass is 19.1. The maximum absolute atomic E-state index is 14.4. The van der Waals surface area contributed by atoms with E-state index in [9.17, 15) is 14.0 Å². The number of nitrogens with one attached hydrogen (secondary N) is 1. The summed E-state index contributed by atoms with van der Waals surface area (Å²) in [5, 5.41) is 2.59. The van der Waals surface area contributed by atoms with E-state index in [1.807, 2.05) is 0 Å². The first kappa shape index (κ1) is 19.7. The number of rotatable bonds is 8. The Morgan fingerprint density at radius 2 is 2.04 bits per heavy atom. The molecule has 1 aliphatic heterocycles. The molecule has 0 spiro atoms. The number of urea groups is 1. The SMILES string of the molecule is C=CCNC(=O)N(CC=C)C1O[C@H](COC(=O)c2ccccc2)C[C@@H]1F. The van der Waals surface area contributed by atoms with Gasteiger partial charge in [0, 0.05) is 19.5 Å². The Labute approximate surface area is 152 Å². The minimum Gasteiger partial charge on any atom is -0.459 e. The van der Waals surface area contributed by atoms with Crippen molar-refractivity contribution in [3.05, 3.63) is 61.2 Å². The molecule has 1 aromatic rings. The van der Waals surface area contributed by atoms with Gasteiger partial charge in [-0.05, 0) is 12.1 Å². The molecular weight excluding hydrogens is 339 g/mol. The van der Waals surface area contributed by atoms with E-state index in [2.05, 4.69) is 18.5 Å². The second-order valence-electron chi connectivity index (χ2n) is 5.78. The number of benzene rings is 1. The van der Waals surface area contributed by atoms with Gasteiger partial charge in [-0.2, -0.15) is 0 Å². The lowest BCUT2D eigenvalue weighted by Crippen LogP contribution is -2.49. The molecule has 0 radical (unpaired) electrons. The normalized spacial score (nSPS) is 21.7. The highest BCUT2D eigenvalue weighted by Gasteiger charge is 2.41. The van der Waals surface area contributed by atoms with Gasteiger partial charge in [0.1, 0.15) is 12.8 Å². The average molecular weight is 362 g/mol. The molecule has 0 saturated carbocycles. The van der Waals surface area contributed by atoms with Crippen LogP contribution < -0.4 is 5.32 Å². The van der Waals surface area contributed by atoms with Crippen LogP contribution in [0.2, 0.25) is 0 Å². The van der Waals surface area contributed by atoms with Gasteiger partial charge in [0.05, 0.1) is 11.7 Å². The van der Waals surface area contributed by atoms with Gasteiger partial charge in [0.15, 0.2) is 6.23 Å². The molecule has 2 rings (SSSR count). The number of carbonyl (C=O) groups is 2. The van der Waals surface area contributed by atoms with E-state index in [0.717, 1.165) is 0 Å². The molecule has 2 amide bonds. The van der Waals surface area contributed by atoms with Crippen LogP contribution in [-0.4, -0.2) is 55.1 Å². The Morgan fingerprint density at radius 3 is 2.69 bits per heavy atom. The van der Waals surface area contributed by atoms with Crippen LogP contribution in [0.3, 0.4) is 0 Å². The second-order valence-corrected chi connectivity index (χ2v) is 5.78. The van der Waals surface area contributed by atoms with E-state index >= 15 is 0 Å². The summed E-state index contributed by atoms with van der Waals surface area (Å²) < 4.78 is 25.2. The van der Waals surface area contributed by atoms with Crippen molar-refractivity contribution < 1.29 is 23.5 Å². The van der Waals surface area contributed by atoms with Crippen LogP contribution in [-0.2, 0) is 9.47 Å². The van der Waals surface area contributed by atoms with E-state index in [0.29, 0.717) is 5.56 Å². The lowest BCUT2D eigenvalue weighted by Gasteiger charge is -2.28. The van der Waals surface area contributed by atoms with Crippen molar-refractivity contribution in [1.82, 2.24) is 10.2 Å². The zero-order valence-corrected chi connectivity index (χ0v) is 14.5. The van der Waals surface area contributed by atoms with Crippen LogP contribution in [0.4, 0.5) is 9.18 Å². The standard InChI is InChI=1S/C19H23FN2O4/c1-3-10-21-19(24)22(11-4-2)17-16(20)12-15(26-17)13-25-18(23)14-8-6-5-7-9-14/h3-9,15-17H,1-2,10-13H2,(H,21,24)/t15-,16-,17?/m0/s1. The summed E-state index contributed by atoms with van der Waals surface area (Å²) in [4.78, 5) is 25.4. The molecule has 3 atom stereocenters. The zero-order chi connectivity index (χ0) is 18.9. The average Bonchev–Trinajstić information content (AvgIpc) is 3.03. The van der Waals surface area contributed by atoms with Crippen molar-refractivity contribution in [2.24, 2.45) is 0 Å². The fraction of sp³-hybridized carbons (Fsp3) is 0.368. The van der Waals surface area contributed by atoms with Crippen LogP contribution >= 0.6 is 0 Å². The maximum Gasteiger partial charge on any atom is 0.338 e. The molecule has 1 unspecified atom stereocenters. The number of esters is 1. The fourth-order valence-corrected chi connectivity index (χ4v) is 2.61. The van der Waals surface area contributed by atoms with Gasteiger partial charge in [-0.25, -0.2) is 14.0 Å². The molecule has 0 aliphatic carbocycles. The van der Waals surface area contributed by atoms with Crippen molar-refractivity contribution in [1.29, 1.82) is 0 Å². The maximum atomic E-state index is 14.4. The van der Waals surface area contributed by atoms with E-state index in [1.54, 1.807) is 30.3 Å². The Balaban J connectivity index is 1.92. The molecule has 0 aromatic heterocycles. The molecule has 1 heterocycles. The van der Waals surface area contributed by atoms with E-state index in [1.165, 1.54) is 17.1 Å². The zero-order valence-electron chi connectivity index (χ0n) is 14.5. The molecule has 1 saturated heterocycles. The molecule has 1 aromatic carbocycles. The summed E-state index contributed by atoms with van der Waals surface area (Å²) in [5.74, 6) is -0.500. The van der Waals surface area contributed by atoms with Crippen molar-refractivity contribution in [2.75, 3.05) is 19.7 Å². The van der Waals surface area contributed by atoms with Gasteiger partial charge >= 0.3 is 12.0 Å².